The molecule has 0 spiro atoms. The number of rotatable bonds is 1. The van der Waals surface area contributed by atoms with Crippen molar-refractivity contribution in [2.24, 2.45) is 0 Å². The van der Waals surface area contributed by atoms with Crippen molar-refractivity contribution in [1.82, 2.24) is 4.98 Å². The molecule has 0 N–H and O–H groups in total. The second kappa shape index (κ2) is 4.59. The Morgan fingerprint density at radius 3 is 2.43 bits per heavy atom. The number of hydrogen-bond donors (Lipinski definition) is 0. The summed E-state index contributed by atoms with van der Waals surface area (Å²) in [4.78, 5) is 4.20. The third kappa shape index (κ3) is 2.11. The first-order chi connectivity index (χ1) is 12.0. The van der Waals surface area contributed by atoms with Crippen molar-refractivity contribution in [2.75, 3.05) is 0 Å². The van der Waals surface area contributed by atoms with Gasteiger partial charge in [0.2, 0.25) is 5.71 Å². The Hall–Kier alpha value is -1.85. The molecule has 5 heteroatoms. The highest BCUT2D eigenvalue weighted by Gasteiger charge is 2.52. The van der Waals surface area contributed by atoms with E-state index in [2.05, 4.69) is 4.98 Å². The van der Waals surface area contributed by atoms with Crippen molar-refractivity contribution in [3.8, 4) is 0 Å². The molecule has 4 rings (SSSR count). The van der Waals surface area contributed by atoms with Gasteiger partial charge in [-0.15, -0.1) is 0 Å². The van der Waals surface area contributed by atoms with Gasteiger partial charge in [0.25, 0.3) is 0 Å². The molecule has 4 nitrogen and oxygen atoms in total. The van der Waals surface area contributed by atoms with Crippen LogP contribution in [0.15, 0.2) is 34.7 Å². The lowest BCUT2D eigenvalue weighted by Gasteiger charge is -2.32. The standard InChI is InChI=1S/C18H20BNO3/c1-11-9-10-13-12-7-6-8-14(15(12)21-16(13)20-11)19-22-17(2,3)18(4,5)23-19/h6-10H,1-5H3/i1D3. The molecule has 2 aromatic heterocycles. The molecule has 1 aromatic carbocycles. The predicted octanol–water partition coefficient (Wildman–Crippen LogP) is 3.59. The van der Waals surface area contributed by atoms with Crippen molar-refractivity contribution < 1.29 is 17.8 Å². The van der Waals surface area contributed by atoms with Crippen molar-refractivity contribution in [3.05, 3.63) is 36.0 Å². The molecule has 23 heavy (non-hydrogen) atoms. The minimum absolute atomic E-state index is 0.0150. The molecule has 0 radical (unpaired) electrons. The van der Waals surface area contributed by atoms with Crippen molar-refractivity contribution in [2.45, 2.75) is 45.7 Å². The maximum atomic E-state index is 7.54. The Morgan fingerprint density at radius 2 is 1.74 bits per heavy atom. The molecule has 0 atom stereocenters. The topological polar surface area (TPSA) is 44.5 Å². The van der Waals surface area contributed by atoms with Crippen molar-refractivity contribution in [3.63, 3.8) is 0 Å². The number of pyridine rings is 1. The van der Waals surface area contributed by atoms with Gasteiger partial charge >= 0.3 is 7.12 Å². The average molecular weight is 312 g/mol. The lowest BCUT2D eigenvalue weighted by molar-refractivity contribution is 0.00578. The zero-order valence-electron chi connectivity index (χ0n) is 16.6. The summed E-state index contributed by atoms with van der Waals surface area (Å²) >= 11 is 0. The van der Waals surface area contributed by atoms with E-state index in [1.165, 1.54) is 6.07 Å². The van der Waals surface area contributed by atoms with E-state index in [4.69, 9.17) is 17.8 Å². The van der Waals surface area contributed by atoms with Gasteiger partial charge in [-0.05, 0) is 46.7 Å². The van der Waals surface area contributed by atoms with Gasteiger partial charge in [-0.1, -0.05) is 18.2 Å². The van der Waals surface area contributed by atoms with Crippen LogP contribution in [0.3, 0.4) is 0 Å². The second-order valence-corrected chi connectivity index (χ2v) is 6.96. The fourth-order valence-electron chi connectivity index (χ4n) is 2.86. The molecule has 0 saturated carbocycles. The number of fused-ring (bicyclic) bond motifs is 3. The first kappa shape index (κ1) is 11.7. The fraction of sp³-hybridized carbons (Fsp3) is 0.389. The monoisotopic (exact) mass is 312 g/mol. The van der Waals surface area contributed by atoms with Crippen LogP contribution in [-0.4, -0.2) is 23.3 Å². The van der Waals surface area contributed by atoms with Gasteiger partial charge in [-0.25, -0.2) is 4.98 Å². The maximum absolute atomic E-state index is 7.54. The maximum Gasteiger partial charge on any atom is 0.498 e. The van der Waals surface area contributed by atoms with E-state index in [1.807, 2.05) is 45.9 Å². The van der Waals surface area contributed by atoms with Crippen molar-refractivity contribution >= 4 is 34.7 Å². The zero-order valence-corrected chi connectivity index (χ0v) is 13.6. The molecule has 1 aliphatic rings. The van der Waals surface area contributed by atoms with Crippen LogP contribution in [0.25, 0.3) is 22.1 Å². The zero-order chi connectivity index (χ0) is 18.9. The summed E-state index contributed by atoms with van der Waals surface area (Å²) in [5.41, 5.74) is 0.779. The molecule has 3 aromatic rings. The molecule has 1 saturated heterocycles. The van der Waals surface area contributed by atoms with Gasteiger partial charge in [-0.3, -0.25) is 0 Å². The van der Waals surface area contributed by atoms with Gasteiger partial charge in [0, 0.05) is 26.0 Å². The van der Waals surface area contributed by atoms with Gasteiger partial charge in [0.05, 0.1) is 11.2 Å². The van der Waals surface area contributed by atoms with E-state index >= 15 is 0 Å². The number of aromatic nitrogens is 1. The van der Waals surface area contributed by atoms with E-state index in [0.29, 0.717) is 11.3 Å². The van der Waals surface area contributed by atoms with Crippen LogP contribution in [-0.2, 0) is 9.31 Å². The predicted molar refractivity (Wildman–Crippen MR) is 92.0 cm³/mol. The number of furan rings is 1. The highest BCUT2D eigenvalue weighted by Crippen LogP contribution is 2.37. The van der Waals surface area contributed by atoms with E-state index in [1.54, 1.807) is 6.07 Å². The summed E-state index contributed by atoms with van der Waals surface area (Å²) in [7, 11) is -0.564. The third-order valence-corrected chi connectivity index (χ3v) is 4.90. The van der Waals surface area contributed by atoms with E-state index in [0.717, 1.165) is 16.2 Å². The Kier molecular flexibility index (Phi) is 2.32. The minimum Gasteiger partial charge on any atom is -0.438 e. The molecule has 0 aliphatic carbocycles. The largest absolute Gasteiger partial charge is 0.498 e. The average Bonchev–Trinajstić information content (AvgIpc) is 2.99. The summed E-state index contributed by atoms with van der Waals surface area (Å²) in [6, 6.07) is 9.00. The molecule has 0 bridgehead atoms. The number of hydrogen-bond acceptors (Lipinski definition) is 4. The SMILES string of the molecule is [2H]C([2H])([2H])c1ccc2c(n1)oc1c(B3OC(C)(C)C(C)(C)O3)cccc12. The second-order valence-electron chi connectivity index (χ2n) is 6.96. The Labute approximate surface area is 140 Å². The van der Waals surface area contributed by atoms with Crippen LogP contribution < -0.4 is 5.46 Å². The molecule has 3 heterocycles. The fourth-order valence-corrected chi connectivity index (χ4v) is 2.86. The van der Waals surface area contributed by atoms with E-state index in [-0.39, 0.29) is 5.69 Å². The first-order valence-corrected chi connectivity index (χ1v) is 7.68. The van der Waals surface area contributed by atoms with E-state index < -0.39 is 25.2 Å². The Morgan fingerprint density at radius 1 is 1.00 bits per heavy atom. The molecule has 118 valence electrons. The van der Waals surface area contributed by atoms with Gasteiger partial charge < -0.3 is 13.7 Å². The summed E-state index contributed by atoms with van der Waals surface area (Å²) in [5.74, 6) is 0. The molecular formula is C18H20BNO3. The Bertz CT molecular complexity index is 994. The molecule has 1 fully saturated rings. The highest BCUT2D eigenvalue weighted by molar-refractivity contribution is 6.65. The minimum atomic E-state index is -2.28. The van der Waals surface area contributed by atoms with Gasteiger partial charge in [0.1, 0.15) is 5.58 Å². The summed E-state index contributed by atoms with van der Waals surface area (Å²) in [6.45, 7) is 5.71. The number of aryl methyl sites for hydroxylation is 1. The summed E-state index contributed by atoms with van der Waals surface area (Å²) in [5, 5.41) is 1.63. The lowest BCUT2D eigenvalue weighted by Crippen LogP contribution is -2.41. The summed E-state index contributed by atoms with van der Waals surface area (Å²) in [6.07, 6.45) is 0. The number of benzene rings is 1. The molecule has 0 unspecified atom stereocenters. The molecule has 0 amide bonds. The van der Waals surface area contributed by atoms with Crippen LogP contribution in [0, 0.1) is 6.85 Å². The van der Waals surface area contributed by atoms with Gasteiger partial charge in [-0.2, -0.15) is 0 Å². The first-order valence-electron chi connectivity index (χ1n) is 9.18. The van der Waals surface area contributed by atoms with Crippen LogP contribution in [0.4, 0.5) is 0 Å². The van der Waals surface area contributed by atoms with Crippen LogP contribution in [0.2, 0.25) is 0 Å². The van der Waals surface area contributed by atoms with Gasteiger partial charge in [0.15, 0.2) is 0 Å². The number of para-hydroxylation sites is 1. The summed E-state index contributed by atoms with van der Waals surface area (Å²) < 4.78 is 40.8. The van der Waals surface area contributed by atoms with E-state index in [9.17, 15) is 0 Å². The van der Waals surface area contributed by atoms with Crippen LogP contribution >= 0.6 is 0 Å². The number of nitrogens with zero attached hydrogens (tertiary/aromatic N) is 1. The van der Waals surface area contributed by atoms with Crippen molar-refractivity contribution in [1.29, 1.82) is 0 Å². The van der Waals surface area contributed by atoms with Crippen LogP contribution in [0.5, 0.6) is 0 Å². The smallest absolute Gasteiger partial charge is 0.438 e. The highest BCUT2D eigenvalue weighted by atomic mass is 16.7. The molecular weight excluding hydrogens is 289 g/mol. The Balaban J connectivity index is 1.87. The third-order valence-electron chi connectivity index (χ3n) is 4.90. The normalized spacial score (nSPS) is 22.3. The quantitative estimate of drug-likeness (QED) is 0.644. The lowest BCUT2D eigenvalue weighted by atomic mass is 9.78. The molecule has 1 aliphatic heterocycles. The van der Waals surface area contributed by atoms with Crippen LogP contribution in [0.1, 0.15) is 37.5 Å².